The molecule has 0 radical (unpaired) electrons. The van der Waals surface area contributed by atoms with Gasteiger partial charge < -0.3 is 14.8 Å². The van der Waals surface area contributed by atoms with Crippen LogP contribution in [-0.2, 0) is 10.0 Å². The van der Waals surface area contributed by atoms with E-state index in [1.54, 1.807) is 41.2 Å². The monoisotopic (exact) mass is 490 g/mol. The highest BCUT2D eigenvalue weighted by molar-refractivity contribution is 7.92. The van der Waals surface area contributed by atoms with Crippen LogP contribution in [0.3, 0.4) is 0 Å². The van der Waals surface area contributed by atoms with Crippen LogP contribution in [0.1, 0.15) is 16.9 Å². The van der Waals surface area contributed by atoms with Crippen LogP contribution in [0.15, 0.2) is 90.2 Å². The van der Waals surface area contributed by atoms with Crippen LogP contribution in [0.2, 0.25) is 0 Å². The molecular weight excluding hydrogens is 468 g/mol. The number of carbonyl (C=O) groups is 1. The lowest BCUT2D eigenvalue weighted by Gasteiger charge is -2.12. The minimum absolute atomic E-state index is 0.0632. The molecule has 4 aromatic rings. The number of fused-ring (bicyclic) bond motifs is 1. The Labute approximate surface area is 202 Å². The number of benzene rings is 3. The Bertz CT molecular complexity index is 1450. The van der Waals surface area contributed by atoms with Crippen LogP contribution in [0.25, 0.3) is 5.69 Å². The number of carbonyl (C=O) groups excluding carboxylic acids is 1. The summed E-state index contributed by atoms with van der Waals surface area (Å²) in [4.78, 5) is 17.0. The second-order valence-electron chi connectivity index (χ2n) is 7.78. The summed E-state index contributed by atoms with van der Waals surface area (Å²) in [5.74, 6) is 0.584. The number of nitrogens with zero attached hydrogens (tertiary/aromatic N) is 2. The number of sulfonamides is 1. The third-order valence-corrected chi connectivity index (χ3v) is 6.71. The number of hydrogen-bond donors (Lipinski definition) is 2. The van der Waals surface area contributed by atoms with Crippen molar-refractivity contribution in [2.45, 2.75) is 11.3 Å². The number of amides is 1. The van der Waals surface area contributed by atoms with Gasteiger partial charge in [-0.25, -0.2) is 13.4 Å². The molecule has 0 spiro atoms. The Balaban J connectivity index is 1.28. The summed E-state index contributed by atoms with van der Waals surface area (Å²) < 4.78 is 41.1. The molecule has 2 N–H and O–H groups in total. The third kappa shape index (κ3) is 4.97. The molecule has 35 heavy (non-hydrogen) atoms. The van der Waals surface area contributed by atoms with E-state index >= 15 is 0 Å². The van der Waals surface area contributed by atoms with Crippen molar-refractivity contribution in [2.24, 2.45) is 0 Å². The molecule has 1 aliphatic heterocycles. The molecule has 1 aromatic heterocycles. The van der Waals surface area contributed by atoms with Crippen molar-refractivity contribution in [1.29, 1.82) is 0 Å². The molecule has 5 rings (SSSR count). The molecule has 2 heterocycles. The standard InChI is InChI=1S/C25H22N4O5S/c30-25(22-16-26-17-29(22)20-5-2-1-3-6-20)27-18-7-9-19(10-8-18)28-35(31,32)21-11-12-23-24(15-21)34-14-4-13-33-23/h1-3,5-12,15-17,28H,4,13-14H2,(H,27,30). The predicted octanol–water partition coefficient (Wildman–Crippen LogP) is 4.09. The quantitative estimate of drug-likeness (QED) is 0.421. The number of nitrogens with one attached hydrogen (secondary N) is 2. The lowest BCUT2D eigenvalue weighted by atomic mass is 10.2. The van der Waals surface area contributed by atoms with Crippen molar-refractivity contribution < 1.29 is 22.7 Å². The average molecular weight is 491 g/mol. The Hall–Kier alpha value is -4.31. The van der Waals surface area contributed by atoms with E-state index in [1.165, 1.54) is 18.3 Å². The summed E-state index contributed by atoms with van der Waals surface area (Å²) in [5, 5.41) is 2.81. The molecule has 178 valence electrons. The Kier molecular flexibility index (Phi) is 6.11. The zero-order valence-corrected chi connectivity index (χ0v) is 19.4. The van der Waals surface area contributed by atoms with Crippen molar-refractivity contribution in [3.63, 3.8) is 0 Å². The molecule has 0 saturated carbocycles. The molecule has 0 unspecified atom stereocenters. The normalized spacial score (nSPS) is 13.0. The van der Waals surface area contributed by atoms with Gasteiger partial charge in [0.25, 0.3) is 15.9 Å². The van der Waals surface area contributed by atoms with Crippen LogP contribution >= 0.6 is 0 Å². The molecule has 0 atom stereocenters. The minimum atomic E-state index is -3.85. The first-order valence-electron chi connectivity index (χ1n) is 10.9. The molecule has 10 heteroatoms. The largest absolute Gasteiger partial charge is 0.490 e. The molecule has 9 nitrogen and oxygen atoms in total. The maximum atomic E-state index is 12.9. The van der Waals surface area contributed by atoms with Crippen LogP contribution < -0.4 is 19.5 Å². The van der Waals surface area contributed by atoms with Gasteiger partial charge in [-0.15, -0.1) is 0 Å². The second kappa shape index (κ2) is 9.51. The van der Waals surface area contributed by atoms with Gasteiger partial charge >= 0.3 is 0 Å². The number of ether oxygens (including phenoxy) is 2. The van der Waals surface area contributed by atoms with E-state index in [-0.39, 0.29) is 10.8 Å². The van der Waals surface area contributed by atoms with Gasteiger partial charge in [-0.3, -0.25) is 14.1 Å². The van der Waals surface area contributed by atoms with Gasteiger partial charge in [0.1, 0.15) is 5.69 Å². The van der Waals surface area contributed by atoms with Crippen LogP contribution in [0, 0.1) is 0 Å². The van der Waals surface area contributed by atoms with Crippen LogP contribution in [-0.4, -0.2) is 37.1 Å². The lowest BCUT2D eigenvalue weighted by molar-refractivity contribution is 0.102. The van der Waals surface area contributed by atoms with Gasteiger partial charge in [0.05, 0.1) is 30.6 Å². The summed E-state index contributed by atoms with van der Waals surface area (Å²) in [6.07, 6.45) is 3.79. The number of para-hydroxylation sites is 1. The summed E-state index contributed by atoms with van der Waals surface area (Å²) in [5.41, 5.74) is 2.05. The summed E-state index contributed by atoms with van der Waals surface area (Å²) in [7, 11) is -3.85. The van der Waals surface area contributed by atoms with E-state index in [0.29, 0.717) is 41.8 Å². The van der Waals surface area contributed by atoms with E-state index in [2.05, 4.69) is 15.0 Å². The zero-order chi connectivity index (χ0) is 24.3. The highest BCUT2D eigenvalue weighted by atomic mass is 32.2. The first-order valence-corrected chi connectivity index (χ1v) is 12.4. The van der Waals surface area contributed by atoms with Gasteiger partial charge in [0.2, 0.25) is 0 Å². The molecule has 1 amide bonds. The van der Waals surface area contributed by atoms with Crippen molar-refractivity contribution >= 4 is 27.3 Å². The van der Waals surface area contributed by atoms with E-state index in [9.17, 15) is 13.2 Å². The highest BCUT2D eigenvalue weighted by Gasteiger charge is 2.19. The lowest BCUT2D eigenvalue weighted by Crippen LogP contribution is -2.16. The maximum absolute atomic E-state index is 12.9. The van der Waals surface area contributed by atoms with Gasteiger partial charge in [0, 0.05) is 29.5 Å². The molecule has 0 saturated heterocycles. The Morgan fingerprint density at radius 3 is 2.37 bits per heavy atom. The van der Waals surface area contributed by atoms with Crippen molar-refractivity contribution in [3.05, 3.63) is 91.0 Å². The summed E-state index contributed by atoms with van der Waals surface area (Å²) >= 11 is 0. The molecule has 0 fully saturated rings. The molecule has 0 bridgehead atoms. The number of imidazole rings is 1. The van der Waals surface area contributed by atoms with Crippen molar-refractivity contribution in [2.75, 3.05) is 23.3 Å². The van der Waals surface area contributed by atoms with Gasteiger partial charge in [0.15, 0.2) is 11.5 Å². The zero-order valence-electron chi connectivity index (χ0n) is 18.5. The number of rotatable bonds is 6. The Morgan fingerprint density at radius 1 is 0.886 bits per heavy atom. The minimum Gasteiger partial charge on any atom is -0.490 e. The fourth-order valence-corrected chi connectivity index (χ4v) is 4.67. The maximum Gasteiger partial charge on any atom is 0.274 e. The first kappa shape index (κ1) is 22.5. The molecular formula is C25H22N4O5S. The second-order valence-corrected chi connectivity index (χ2v) is 9.46. The number of aromatic nitrogens is 2. The highest BCUT2D eigenvalue weighted by Crippen LogP contribution is 2.32. The fraction of sp³-hybridized carbons (Fsp3) is 0.120. The number of hydrogen-bond acceptors (Lipinski definition) is 6. The van der Waals surface area contributed by atoms with Gasteiger partial charge in [-0.2, -0.15) is 0 Å². The predicted molar refractivity (Wildman–Crippen MR) is 131 cm³/mol. The van der Waals surface area contributed by atoms with Gasteiger partial charge in [-0.05, 0) is 48.5 Å². The van der Waals surface area contributed by atoms with Crippen molar-refractivity contribution in [1.82, 2.24) is 9.55 Å². The van der Waals surface area contributed by atoms with Crippen molar-refractivity contribution in [3.8, 4) is 17.2 Å². The number of anilines is 2. The summed E-state index contributed by atoms with van der Waals surface area (Å²) in [6.45, 7) is 0.984. The molecule has 1 aliphatic rings. The Morgan fingerprint density at radius 2 is 1.60 bits per heavy atom. The van der Waals surface area contributed by atoms with Crippen LogP contribution in [0.4, 0.5) is 11.4 Å². The first-order chi connectivity index (χ1) is 17.0. The third-order valence-electron chi connectivity index (χ3n) is 5.33. The molecule has 0 aliphatic carbocycles. The fourth-order valence-electron chi connectivity index (χ4n) is 3.60. The SMILES string of the molecule is O=C(Nc1ccc(NS(=O)(=O)c2ccc3c(c2)OCCCO3)cc1)c1cncn1-c1ccccc1. The van der Waals surface area contributed by atoms with Crippen LogP contribution in [0.5, 0.6) is 11.5 Å². The average Bonchev–Trinajstić information content (AvgIpc) is 3.24. The summed E-state index contributed by atoms with van der Waals surface area (Å²) in [6, 6.07) is 20.3. The van der Waals surface area contributed by atoms with E-state index in [4.69, 9.17) is 9.47 Å². The molecule has 3 aromatic carbocycles. The van der Waals surface area contributed by atoms with Gasteiger partial charge in [-0.1, -0.05) is 18.2 Å². The van der Waals surface area contributed by atoms with E-state index < -0.39 is 10.0 Å². The smallest absolute Gasteiger partial charge is 0.274 e. The van der Waals surface area contributed by atoms with E-state index in [1.807, 2.05) is 30.3 Å². The topological polar surface area (TPSA) is 112 Å². The van der Waals surface area contributed by atoms with E-state index in [0.717, 1.165) is 12.1 Å².